The van der Waals surface area contributed by atoms with Crippen molar-refractivity contribution in [3.63, 3.8) is 0 Å². The van der Waals surface area contributed by atoms with Crippen molar-refractivity contribution in [1.82, 2.24) is 15.0 Å². The first-order chi connectivity index (χ1) is 8.86. The van der Waals surface area contributed by atoms with E-state index in [-0.39, 0.29) is 5.69 Å². The smallest absolute Gasteiger partial charge is 0.393 e. The summed E-state index contributed by atoms with van der Waals surface area (Å²) in [5.74, 6) is 0. The van der Waals surface area contributed by atoms with Gasteiger partial charge in [-0.05, 0) is 25.1 Å². The molecule has 1 heterocycles. The molecule has 2 rings (SSSR count). The molecule has 1 atom stereocenters. The zero-order valence-electron chi connectivity index (χ0n) is 10.1. The number of nitrogens with zero attached hydrogens (tertiary/aromatic N) is 3. The van der Waals surface area contributed by atoms with E-state index in [0.717, 1.165) is 12.1 Å². The third-order valence-electron chi connectivity index (χ3n) is 2.48. The lowest BCUT2D eigenvalue weighted by Crippen LogP contribution is -2.06. The number of aliphatic hydroxyl groups excluding tert-OH is 1. The van der Waals surface area contributed by atoms with Gasteiger partial charge in [-0.25, -0.2) is 4.68 Å². The number of benzene rings is 1. The van der Waals surface area contributed by atoms with E-state index >= 15 is 0 Å². The Balaban J connectivity index is 2.29. The maximum absolute atomic E-state index is 12.6. The van der Waals surface area contributed by atoms with Crippen LogP contribution in [0.15, 0.2) is 30.5 Å². The van der Waals surface area contributed by atoms with Crippen LogP contribution in [0.2, 0.25) is 0 Å². The van der Waals surface area contributed by atoms with Gasteiger partial charge in [0, 0.05) is 6.42 Å². The Bertz CT molecular complexity index is 563. The third-order valence-corrected chi connectivity index (χ3v) is 2.48. The topological polar surface area (TPSA) is 50.9 Å². The van der Waals surface area contributed by atoms with E-state index in [4.69, 9.17) is 0 Å². The summed E-state index contributed by atoms with van der Waals surface area (Å²) in [5, 5.41) is 16.8. The molecule has 0 saturated heterocycles. The average molecular weight is 271 g/mol. The summed E-state index contributed by atoms with van der Waals surface area (Å²) in [6.07, 6.45) is -3.16. The molecule has 1 aromatic heterocycles. The molecule has 0 spiro atoms. The molecule has 0 radical (unpaired) electrons. The van der Waals surface area contributed by atoms with Crippen molar-refractivity contribution in [2.24, 2.45) is 0 Å². The van der Waals surface area contributed by atoms with Crippen LogP contribution in [0.3, 0.4) is 0 Å². The Labute approximate surface area is 107 Å². The van der Waals surface area contributed by atoms with Gasteiger partial charge < -0.3 is 5.11 Å². The van der Waals surface area contributed by atoms with E-state index in [2.05, 4.69) is 10.3 Å². The fraction of sp³-hybridized carbons (Fsp3) is 0.333. The molecule has 19 heavy (non-hydrogen) atoms. The number of halogens is 3. The van der Waals surface area contributed by atoms with Crippen LogP contribution in [0, 0.1) is 0 Å². The van der Waals surface area contributed by atoms with E-state index in [0.29, 0.717) is 12.1 Å². The molecule has 1 N–H and O–H groups in total. The van der Waals surface area contributed by atoms with E-state index in [9.17, 15) is 18.3 Å². The molecule has 0 bridgehead atoms. The summed E-state index contributed by atoms with van der Waals surface area (Å²) in [6.45, 7) is 1.60. The Kier molecular flexibility index (Phi) is 3.57. The van der Waals surface area contributed by atoms with Crippen molar-refractivity contribution in [2.75, 3.05) is 0 Å². The van der Waals surface area contributed by atoms with Crippen LogP contribution >= 0.6 is 0 Å². The lowest BCUT2D eigenvalue weighted by Gasteiger charge is -2.08. The van der Waals surface area contributed by atoms with Gasteiger partial charge in [-0.2, -0.15) is 13.2 Å². The lowest BCUT2D eigenvalue weighted by molar-refractivity contribution is -0.137. The van der Waals surface area contributed by atoms with Gasteiger partial charge in [0.15, 0.2) is 0 Å². The predicted octanol–water partition coefficient (Wildman–Crippen LogP) is 2.21. The summed E-state index contributed by atoms with van der Waals surface area (Å²) < 4.78 is 39.0. The molecule has 0 aliphatic rings. The van der Waals surface area contributed by atoms with Crippen molar-refractivity contribution in [3.05, 3.63) is 41.7 Å². The van der Waals surface area contributed by atoms with Gasteiger partial charge in [0.25, 0.3) is 0 Å². The van der Waals surface area contributed by atoms with Crippen LogP contribution < -0.4 is 0 Å². The molecule has 0 aliphatic heterocycles. The number of aromatic nitrogens is 3. The van der Waals surface area contributed by atoms with Crippen molar-refractivity contribution in [1.29, 1.82) is 0 Å². The molecule has 0 amide bonds. The summed E-state index contributed by atoms with van der Waals surface area (Å²) in [6, 6.07) is 4.82. The molecule has 1 aromatic carbocycles. The molecule has 102 valence electrons. The minimum Gasteiger partial charge on any atom is -0.393 e. The Morgan fingerprint density at radius 3 is 2.74 bits per heavy atom. The Morgan fingerprint density at radius 1 is 1.37 bits per heavy atom. The first-order valence-corrected chi connectivity index (χ1v) is 5.63. The molecule has 4 nitrogen and oxygen atoms in total. The summed E-state index contributed by atoms with van der Waals surface area (Å²) in [4.78, 5) is 0. The highest BCUT2D eigenvalue weighted by atomic mass is 19.4. The van der Waals surface area contributed by atoms with Gasteiger partial charge in [-0.15, -0.1) is 5.10 Å². The van der Waals surface area contributed by atoms with Crippen LogP contribution in [0.25, 0.3) is 5.69 Å². The first-order valence-electron chi connectivity index (χ1n) is 5.63. The molecule has 7 heteroatoms. The maximum atomic E-state index is 12.6. The highest BCUT2D eigenvalue weighted by Gasteiger charge is 2.30. The number of alkyl halides is 3. The van der Waals surface area contributed by atoms with Crippen LogP contribution in [0.1, 0.15) is 18.2 Å². The number of aliphatic hydroxyl groups is 1. The highest BCUT2D eigenvalue weighted by molar-refractivity contribution is 5.36. The maximum Gasteiger partial charge on any atom is 0.416 e. The fourth-order valence-corrected chi connectivity index (χ4v) is 1.65. The molecule has 0 saturated carbocycles. The summed E-state index contributed by atoms with van der Waals surface area (Å²) in [7, 11) is 0. The summed E-state index contributed by atoms with van der Waals surface area (Å²) >= 11 is 0. The average Bonchev–Trinajstić information content (AvgIpc) is 2.76. The molecular formula is C12H12F3N3O. The van der Waals surface area contributed by atoms with Crippen LogP contribution in [-0.2, 0) is 12.6 Å². The quantitative estimate of drug-likeness (QED) is 0.931. The van der Waals surface area contributed by atoms with Crippen molar-refractivity contribution in [3.8, 4) is 5.69 Å². The van der Waals surface area contributed by atoms with E-state index in [1.807, 2.05) is 0 Å². The fourth-order valence-electron chi connectivity index (χ4n) is 1.65. The molecule has 0 aliphatic carbocycles. The van der Waals surface area contributed by atoms with Crippen LogP contribution in [0.4, 0.5) is 13.2 Å². The molecule has 2 aromatic rings. The predicted molar refractivity (Wildman–Crippen MR) is 61.7 cm³/mol. The van der Waals surface area contributed by atoms with Gasteiger partial charge in [0.05, 0.1) is 29.2 Å². The zero-order valence-corrected chi connectivity index (χ0v) is 10.1. The van der Waals surface area contributed by atoms with Gasteiger partial charge in [0.1, 0.15) is 0 Å². The molecule has 1 unspecified atom stereocenters. The monoisotopic (exact) mass is 271 g/mol. The normalized spacial score (nSPS) is 13.5. The second-order valence-corrected chi connectivity index (χ2v) is 4.26. The van der Waals surface area contributed by atoms with E-state index in [1.165, 1.54) is 23.0 Å². The number of rotatable bonds is 3. The SMILES string of the molecule is CC(O)Cc1cn(-c2cccc(C(F)(F)F)c2)nn1. The third kappa shape index (κ3) is 3.31. The van der Waals surface area contributed by atoms with Gasteiger partial charge in [-0.3, -0.25) is 0 Å². The first kappa shape index (κ1) is 13.5. The Hall–Kier alpha value is -1.89. The molecule has 0 fully saturated rings. The van der Waals surface area contributed by atoms with E-state index < -0.39 is 17.8 Å². The minimum absolute atomic E-state index is 0.277. The van der Waals surface area contributed by atoms with Gasteiger partial charge in [0.2, 0.25) is 0 Å². The number of hydrogen-bond donors (Lipinski definition) is 1. The van der Waals surface area contributed by atoms with Gasteiger partial charge >= 0.3 is 6.18 Å². The second kappa shape index (κ2) is 5.00. The lowest BCUT2D eigenvalue weighted by atomic mass is 10.2. The minimum atomic E-state index is -4.39. The van der Waals surface area contributed by atoms with Crippen molar-refractivity contribution >= 4 is 0 Å². The number of hydrogen-bond acceptors (Lipinski definition) is 3. The van der Waals surface area contributed by atoms with Crippen LogP contribution in [-0.4, -0.2) is 26.2 Å². The summed E-state index contributed by atoms with van der Waals surface area (Å²) in [5.41, 5.74) is 0.0594. The van der Waals surface area contributed by atoms with Crippen molar-refractivity contribution < 1.29 is 18.3 Å². The van der Waals surface area contributed by atoms with Crippen LogP contribution in [0.5, 0.6) is 0 Å². The molecular weight excluding hydrogens is 259 g/mol. The Morgan fingerprint density at radius 2 is 2.11 bits per heavy atom. The van der Waals surface area contributed by atoms with E-state index in [1.54, 1.807) is 6.92 Å². The highest BCUT2D eigenvalue weighted by Crippen LogP contribution is 2.30. The second-order valence-electron chi connectivity index (χ2n) is 4.26. The largest absolute Gasteiger partial charge is 0.416 e. The standard InChI is InChI=1S/C12H12F3N3O/c1-8(19)5-10-7-18(17-16-10)11-4-2-3-9(6-11)12(13,14)15/h2-4,6-8,19H,5H2,1H3. The zero-order chi connectivity index (χ0) is 14.0. The van der Waals surface area contributed by atoms with Gasteiger partial charge in [-0.1, -0.05) is 11.3 Å². The van der Waals surface area contributed by atoms with Crippen molar-refractivity contribution in [2.45, 2.75) is 25.6 Å².